The van der Waals surface area contributed by atoms with Crippen molar-refractivity contribution in [2.75, 3.05) is 26.2 Å². The zero-order chi connectivity index (χ0) is 17.5. The summed E-state index contributed by atoms with van der Waals surface area (Å²) in [4.78, 5) is 0. The monoisotopic (exact) mass is 411 g/mol. The molecule has 0 saturated heterocycles. The SMILES string of the molecule is CCCCCCCCCC[N+](CC)(CC)CCCc1ccccc1.[Br-]. The Morgan fingerprint density at radius 2 is 1.16 bits per heavy atom. The third kappa shape index (κ3) is 11.1. The molecule has 0 saturated carbocycles. The van der Waals surface area contributed by atoms with E-state index in [0.717, 1.165) is 0 Å². The van der Waals surface area contributed by atoms with Crippen molar-refractivity contribution in [1.29, 1.82) is 0 Å². The van der Waals surface area contributed by atoms with Gasteiger partial charge in [0, 0.05) is 6.42 Å². The Labute approximate surface area is 168 Å². The number of benzene rings is 1. The van der Waals surface area contributed by atoms with Crippen molar-refractivity contribution < 1.29 is 21.5 Å². The minimum absolute atomic E-state index is 0. The minimum atomic E-state index is 0. The largest absolute Gasteiger partial charge is 1.00 e. The van der Waals surface area contributed by atoms with E-state index in [1.54, 1.807) is 0 Å². The molecule has 1 nitrogen and oxygen atoms in total. The van der Waals surface area contributed by atoms with E-state index in [4.69, 9.17) is 0 Å². The molecule has 2 heteroatoms. The maximum atomic E-state index is 2.39. The minimum Gasteiger partial charge on any atom is -1.00 e. The first-order chi connectivity index (χ1) is 11.8. The summed E-state index contributed by atoms with van der Waals surface area (Å²) in [5.74, 6) is 0. The second kappa shape index (κ2) is 15.9. The van der Waals surface area contributed by atoms with Crippen molar-refractivity contribution >= 4 is 0 Å². The molecule has 0 aliphatic carbocycles. The summed E-state index contributed by atoms with van der Waals surface area (Å²) in [6, 6.07) is 11.0. The predicted octanol–water partition coefficient (Wildman–Crippen LogP) is 3.62. The smallest absolute Gasteiger partial charge is 0.0789 e. The number of unbranched alkanes of at least 4 members (excludes halogenated alkanes) is 7. The number of aryl methyl sites for hydroxylation is 1. The molecule has 0 aliphatic rings. The van der Waals surface area contributed by atoms with E-state index in [9.17, 15) is 0 Å². The molecule has 0 N–H and O–H groups in total. The molecular weight excluding hydrogens is 370 g/mol. The fourth-order valence-corrected chi connectivity index (χ4v) is 3.81. The van der Waals surface area contributed by atoms with Crippen LogP contribution in [-0.2, 0) is 6.42 Å². The van der Waals surface area contributed by atoms with Gasteiger partial charge in [-0.1, -0.05) is 75.8 Å². The zero-order valence-electron chi connectivity index (χ0n) is 17.1. The van der Waals surface area contributed by atoms with Crippen molar-refractivity contribution in [2.24, 2.45) is 0 Å². The molecule has 0 atom stereocenters. The summed E-state index contributed by atoms with van der Waals surface area (Å²) < 4.78 is 1.32. The molecular formula is C23H42BrN. The highest BCUT2D eigenvalue weighted by Crippen LogP contribution is 2.15. The lowest BCUT2D eigenvalue weighted by Gasteiger charge is -2.37. The Morgan fingerprint density at radius 3 is 1.72 bits per heavy atom. The summed E-state index contributed by atoms with van der Waals surface area (Å²) in [6.07, 6.45) is 14.0. The highest BCUT2D eigenvalue weighted by molar-refractivity contribution is 5.14. The van der Waals surface area contributed by atoms with E-state index in [1.807, 2.05) is 0 Å². The van der Waals surface area contributed by atoms with Crippen LogP contribution in [0.4, 0.5) is 0 Å². The van der Waals surface area contributed by atoms with E-state index >= 15 is 0 Å². The number of quaternary nitrogens is 1. The summed E-state index contributed by atoms with van der Waals surface area (Å²) in [7, 11) is 0. The Kier molecular flexibility index (Phi) is 15.7. The average molecular weight is 412 g/mol. The maximum Gasteiger partial charge on any atom is 0.0789 e. The van der Waals surface area contributed by atoms with Crippen LogP contribution in [0.5, 0.6) is 0 Å². The molecule has 0 spiro atoms. The predicted molar refractivity (Wildman–Crippen MR) is 108 cm³/mol. The molecule has 0 radical (unpaired) electrons. The number of nitrogens with zero attached hydrogens (tertiary/aromatic N) is 1. The fraction of sp³-hybridized carbons (Fsp3) is 0.739. The van der Waals surface area contributed by atoms with E-state index < -0.39 is 0 Å². The summed E-state index contributed by atoms with van der Waals surface area (Å²) >= 11 is 0. The molecule has 0 fully saturated rings. The Morgan fingerprint density at radius 1 is 0.640 bits per heavy atom. The first-order valence-corrected chi connectivity index (χ1v) is 10.7. The lowest BCUT2D eigenvalue weighted by Crippen LogP contribution is -3.00. The van der Waals surface area contributed by atoms with Gasteiger partial charge in [0.1, 0.15) is 0 Å². The highest BCUT2D eigenvalue weighted by Gasteiger charge is 2.21. The van der Waals surface area contributed by atoms with Crippen LogP contribution in [0.3, 0.4) is 0 Å². The van der Waals surface area contributed by atoms with Gasteiger partial charge in [0.05, 0.1) is 26.2 Å². The molecule has 0 unspecified atom stereocenters. The van der Waals surface area contributed by atoms with Crippen LogP contribution in [0.2, 0.25) is 0 Å². The standard InChI is InChI=1S/C23H42N.BrH/c1-4-7-8-9-10-11-12-16-21-24(5-2,6-3)22-17-20-23-18-14-13-15-19-23;/h13-15,18-19H,4-12,16-17,20-22H2,1-3H3;1H/q+1;/p-1. The van der Waals surface area contributed by atoms with Crippen molar-refractivity contribution in [3.63, 3.8) is 0 Å². The summed E-state index contributed by atoms with van der Waals surface area (Å²) in [5, 5.41) is 0. The van der Waals surface area contributed by atoms with Gasteiger partial charge < -0.3 is 21.5 Å². The lowest BCUT2D eigenvalue weighted by atomic mass is 10.1. The van der Waals surface area contributed by atoms with E-state index in [1.165, 1.54) is 100 Å². The highest BCUT2D eigenvalue weighted by atomic mass is 79.9. The van der Waals surface area contributed by atoms with Crippen molar-refractivity contribution in [2.45, 2.75) is 85.0 Å². The molecule has 0 aliphatic heterocycles. The van der Waals surface area contributed by atoms with Crippen molar-refractivity contribution in [1.82, 2.24) is 0 Å². The topological polar surface area (TPSA) is 0 Å². The second-order valence-corrected chi connectivity index (χ2v) is 7.49. The molecule has 1 aromatic carbocycles. The van der Waals surface area contributed by atoms with Gasteiger partial charge >= 0.3 is 0 Å². The molecule has 0 heterocycles. The van der Waals surface area contributed by atoms with Gasteiger partial charge in [-0.3, -0.25) is 0 Å². The second-order valence-electron chi connectivity index (χ2n) is 7.49. The van der Waals surface area contributed by atoms with Crippen LogP contribution in [0.15, 0.2) is 30.3 Å². The van der Waals surface area contributed by atoms with E-state index in [2.05, 4.69) is 51.1 Å². The van der Waals surface area contributed by atoms with E-state index in [0.29, 0.717) is 0 Å². The van der Waals surface area contributed by atoms with Gasteiger partial charge in [-0.15, -0.1) is 0 Å². The fourth-order valence-electron chi connectivity index (χ4n) is 3.81. The van der Waals surface area contributed by atoms with Gasteiger partial charge in [-0.25, -0.2) is 0 Å². The van der Waals surface area contributed by atoms with Crippen molar-refractivity contribution in [3.8, 4) is 0 Å². The molecule has 0 aromatic heterocycles. The summed E-state index contributed by atoms with van der Waals surface area (Å²) in [6.45, 7) is 12.4. The van der Waals surface area contributed by atoms with Gasteiger partial charge in [0.25, 0.3) is 0 Å². The van der Waals surface area contributed by atoms with E-state index in [-0.39, 0.29) is 17.0 Å². The van der Waals surface area contributed by atoms with Crippen LogP contribution in [0.25, 0.3) is 0 Å². The number of rotatable bonds is 15. The molecule has 1 rings (SSSR count). The Balaban J connectivity index is 0.00000576. The molecule has 0 bridgehead atoms. The number of hydrogen-bond acceptors (Lipinski definition) is 0. The first kappa shape index (κ1) is 24.7. The summed E-state index contributed by atoms with van der Waals surface area (Å²) in [5.41, 5.74) is 1.50. The average Bonchev–Trinajstić information content (AvgIpc) is 2.63. The number of halogens is 1. The lowest BCUT2D eigenvalue weighted by molar-refractivity contribution is -0.925. The first-order valence-electron chi connectivity index (χ1n) is 10.7. The molecule has 0 amide bonds. The quantitative estimate of drug-likeness (QED) is 0.305. The van der Waals surface area contributed by atoms with Crippen LogP contribution < -0.4 is 17.0 Å². The van der Waals surface area contributed by atoms with Gasteiger partial charge in [0.2, 0.25) is 0 Å². The van der Waals surface area contributed by atoms with Gasteiger partial charge in [-0.2, -0.15) is 0 Å². The zero-order valence-corrected chi connectivity index (χ0v) is 18.7. The van der Waals surface area contributed by atoms with Crippen molar-refractivity contribution in [3.05, 3.63) is 35.9 Å². The third-order valence-corrected chi connectivity index (χ3v) is 5.77. The number of hydrogen-bond donors (Lipinski definition) is 0. The maximum absolute atomic E-state index is 2.39. The Hall–Kier alpha value is -0.340. The molecule has 25 heavy (non-hydrogen) atoms. The normalized spacial score (nSPS) is 11.3. The Bertz CT molecular complexity index is 386. The van der Waals surface area contributed by atoms with Crippen LogP contribution in [0.1, 0.15) is 84.1 Å². The van der Waals surface area contributed by atoms with Gasteiger partial charge in [-0.05, 0) is 38.7 Å². The van der Waals surface area contributed by atoms with Crippen LogP contribution >= 0.6 is 0 Å². The molecule has 146 valence electrons. The van der Waals surface area contributed by atoms with Crippen LogP contribution in [-0.4, -0.2) is 30.7 Å². The van der Waals surface area contributed by atoms with Gasteiger partial charge in [0.15, 0.2) is 0 Å². The molecule has 1 aromatic rings. The van der Waals surface area contributed by atoms with Crippen LogP contribution in [0, 0.1) is 0 Å². The third-order valence-electron chi connectivity index (χ3n) is 5.77.